The lowest BCUT2D eigenvalue weighted by atomic mass is 9.82. The van der Waals surface area contributed by atoms with E-state index in [2.05, 4.69) is 34.0 Å². The molecule has 1 aliphatic rings. The number of rotatable bonds is 2. The van der Waals surface area contributed by atoms with Crippen LogP contribution in [0.1, 0.15) is 43.7 Å². The van der Waals surface area contributed by atoms with Gasteiger partial charge >= 0.3 is 0 Å². The molecule has 1 fully saturated rings. The van der Waals surface area contributed by atoms with Gasteiger partial charge in [-0.1, -0.05) is 19.3 Å². The molecule has 14 heavy (non-hydrogen) atoms. The quantitative estimate of drug-likeness (QED) is 0.821. The summed E-state index contributed by atoms with van der Waals surface area (Å²) >= 11 is 4.17. The predicted molar refractivity (Wildman–Crippen MR) is 70.5 cm³/mol. The van der Waals surface area contributed by atoms with Crippen molar-refractivity contribution in [3.63, 3.8) is 0 Å². The average molecular weight is 321 g/mol. The molecular weight excluding hydrogens is 305 g/mol. The van der Waals surface area contributed by atoms with Crippen LogP contribution in [-0.2, 0) is 0 Å². The van der Waals surface area contributed by atoms with Gasteiger partial charge in [0.25, 0.3) is 0 Å². The lowest BCUT2D eigenvalue weighted by Gasteiger charge is -2.26. The molecule has 1 saturated carbocycles. The fourth-order valence-corrected chi connectivity index (χ4v) is 3.68. The third-order valence-electron chi connectivity index (χ3n) is 3.13. The molecule has 0 amide bonds. The highest BCUT2D eigenvalue weighted by Crippen LogP contribution is 2.34. The Morgan fingerprint density at radius 1 is 1.36 bits per heavy atom. The van der Waals surface area contributed by atoms with E-state index in [9.17, 15) is 0 Å². The van der Waals surface area contributed by atoms with Crippen LogP contribution in [0.25, 0.3) is 0 Å². The zero-order valence-electron chi connectivity index (χ0n) is 8.21. The van der Waals surface area contributed by atoms with Gasteiger partial charge in [0.1, 0.15) is 0 Å². The highest BCUT2D eigenvalue weighted by Gasteiger charge is 2.22. The number of hydrogen-bond acceptors (Lipinski definition) is 2. The van der Waals surface area contributed by atoms with Crippen LogP contribution in [0, 0.1) is 8.80 Å². The van der Waals surface area contributed by atoms with Gasteiger partial charge in [0.15, 0.2) is 0 Å². The molecule has 0 radical (unpaired) electrons. The fourth-order valence-electron chi connectivity index (χ4n) is 2.26. The van der Waals surface area contributed by atoms with E-state index in [4.69, 9.17) is 5.73 Å². The van der Waals surface area contributed by atoms with Gasteiger partial charge in [-0.05, 0) is 58.4 Å². The Labute approximate surface area is 103 Å². The van der Waals surface area contributed by atoms with E-state index in [1.54, 1.807) is 11.3 Å². The van der Waals surface area contributed by atoms with Crippen LogP contribution in [0.2, 0.25) is 0 Å². The molecule has 3 heteroatoms. The average Bonchev–Trinajstić information content (AvgIpc) is 2.65. The summed E-state index contributed by atoms with van der Waals surface area (Å²) in [6.07, 6.45) is 6.81. The maximum Gasteiger partial charge on any atom is 0.0656 e. The second kappa shape index (κ2) is 4.94. The first-order valence-corrected chi connectivity index (χ1v) is 7.23. The normalized spacial score (nSPS) is 21.0. The molecule has 0 spiro atoms. The molecule has 1 atom stereocenters. The highest BCUT2D eigenvalue weighted by molar-refractivity contribution is 14.1. The molecule has 0 saturated heterocycles. The molecule has 1 heterocycles. The third kappa shape index (κ3) is 2.49. The Hall–Kier alpha value is 0.390. The summed E-state index contributed by atoms with van der Waals surface area (Å²) < 4.78 is 1.35. The van der Waals surface area contributed by atoms with Crippen LogP contribution in [0.5, 0.6) is 0 Å². The van der Waals surface area contributed by atoms with Crippen molar-refractivity contribution < 1.29 is 0 Å². The number of thiophene rings is 1. The van der Waals surface area contributed by atoms with Crippen LogP contribution < -0.4 is 5.73 Å². The fraction of sp³-hybridized carbons (Fsp3) is 0.636. The van der Waals surface area contributed by atoms with Gasteiger partial charge < -0.3 is 5.73 Å². The smallest absolute Gasteiger partial charge is 0.0656 e. The molecule has 0 aromatic carbocycles. The Morgan fingerprint density at radius 2 is 2.07 bits per heavy atom. The van der Waals surface area contributed by atoms with Crippen molar-refractivity contribution in [3.05, 3.63) is 19.9 Å². The van der Waals surface area contributed by atoms with Gasteiger partial charge in [-0.3, -0.25) is 0 Å². The second-order valence-electron chi connectivity index (χ2n) is 4.11. The summed E-state index contributed by atoms with van der Waals surface area (Å²) in [7, 11) is 0. The van der Waals surface area contributed by atoms with Crippen molar-refractivity contribution in [1.82, 2.24) is 0 Å². The van der Waals surface area contributed by atoms with Gasteiger partial charge in [0, 0.05) is 6.04 Å². The standard InChI is InChI=1S/C11H16INS/c12-10-6-9(7-14-10)11(13)8-4-2-1-3-5-8/h6-8,11H,1-5,13H2. The molecule has 78 valence electrons. The summed E-state index contributed by atoms with van der Waals surface area (Å²) in [6.45, 7) is 0. The summed E-state index contributed by atoms with van der Waals surface area (Å²) in [5.41, 5.74) is 7.64. The molecule has 0 aliphatic heterocycles. The molecule has 2 rings (SSSR count). The van der Waals surface area contributed by atoms with E-state index >= 15 is 0 Å². The number of nitrogens with two attached hydrogens (primary N) is 1. The minimum absolute atomic E-state index is 0.287. The Balaban J connectivity index is 2.03. The van der Waals surface area contributed by atoms with Crippen molar-refractivity contribution in [3.8, 4) is 0 Å². The van der Waals surface area contributed by atoms with E-state index in [0.29, 0.717) is 0 Å². The number of halogens is 1. The molecular formula is C11H16INS. The predicted octanol–water partition coefficient (Wildman–Crippen LogP) is 3.93. The van der Waals surface area contributed by atoms with Crippen LogP contribution in [-0.4, -0.2) is 0 Å². The van der Waals surface area contributed by atoms with E-state index in [0.717, 1.165) is 5.92 Å². The van der Waals surface area contributed by atoms with Gasteiger partial charge in [-0.25, -0.2) is 0 Å². The van der Waals surface area contributed by atoms with Gasteiger partial charge in [0.05, 0.1) is 2.88 Å². The zero-order valence-corrected chi connectivity index (χ0v) is 11.2. The van der Waals surface area contributed by atoms with Gasteiger partial charge in [-0.2, -0.15) is 0 Å². The van der Waals surface area contributed by atoms with Crippen LogP contribution in [0.4, 0.5) is 0 Å². The Morgan fingerprint density at radius 3 is 2.64 bits per heavy atom. The van der Waals surface area contributed by atoms with E-state index < -0.39 is 0 Å². The van der Waals surface area contributed by atoms with Crippen molar-refractivity contribution in [2.75, 3.05) is 0 Å². The molecule has 1 aliphatic carbocycles. The molecule has 2 N–H and O–H groups in total. The Kier molecular flexibility index (Phi) is 3.85. The molecule has 1 unspecified atom stereocenters. The maximum absolute atomic E-state index is 6.29. The first-order chi connectivity index (χ1) is 6.77. The van der Waals surface area contributed by atoms with Crippen LogP contribution in [0.3, 0.4) is 0 Å². The summed E-state index contributed by atoms with van der Waals surface area (Å²) in [5.74, 6) is 0.731. The van der Waals surface area contributed by atoms with Crippen molar-refractivity contribution in [1.29, 1.82) is 0 Å². The first kappa shape index (κ1) is 10.9. The monoisotopic (exact) mass is 321 g/mol. The molecule has 1 nitrogen and oxygen atoms in total. The van der Waals surface area contributed by atoms with E-state index in [1.807, 2.05) is 0 Å². The lowest BCUT2D eigenvalue weighted by Crippen LogP contribution is -2.22. The molecule has 0 bridgehead atoms. The minimum Gasteiger partial charge on any atom is -0.324 e. The number of hydrogen-bond donors (Lipinski definition) is 1. The molecule has 1 aromatic heterocycles. The molecule has 1 aromatic rings. The van der Waals surface area contributed by atoms with E-state index in [-0.39, 0.29) is 6.04 Å². The van der Waals surface area contributed by atoms with Crippen molar-refractivity contribution >= 4 is 33.9 Å². The third-order valence-corrected chi connectivity index (χ3v) is 4.94. The SMILES string of the molecule is NC(c1csc(I)c1)C1CCCCC1. The Bertz CT molecular complexity index is 291. The maximum atomic E-state index is 6.29. The van der Waals surface area contributed by atoms with Gasteiger partial charge in [0.2, 0.25) is 0 Å². The summed E-state index contributed by atoms with van der Waals surface area (Å²) in [6, 6.07) is 2.53. The largest absolute Gasteiger partial charge is 0.324 e. The zero-order chi connectivity index (χ0) is 9.97. The topological polar surface area (TPSA) is 26.0 Å². The summed E-state index contributed by atoms with van der Waals surface area (Å²) in [5, 5.41) is 2.22. The van der Waals surface area contributed by atoms with Crippen LogP contribution >= 0.6 is 33.9 Å². The van der Waals surface area contributed by atoms with Crippen molar-refractivity contribution in [2.24, 2.45) is 11.7 Å². The lowest BCUT2D eigenvalue weighted by molar-refractivity contribution is 0.308. The van der Waals surface area contributed by atoms with E-state index in [1.165, 1.54) is 40.6 Å². The minimum atomic E-state index is 0.287. The van der Waals surface area contributed by atoms with Crippen LogP contribution in [0.15, 0.2) is 11.4 Å². The highest BCUT2D eigenvalue weighted by atomic mass is 127. The first-order valence-electron chi connectivity index (χ1n) is 5.27. The van der Waals surface area contributed by atoms with Gasteiger partial charge in [-0.15, -0.1) is 11.3 Å². The van der Waals surface area contributed by atoms with Crippen molar-refractivity contribution in [2.45, 2.75) is 38.1 Å². The summed E-state index contributed by atoms with van der Waals surface area (Å²) in [4.78, 5) is 0. The second-order valence-corrected chi connectivity index (χ2v) is 6.91.